The summed E-state index contributed by atoms with van der Waals surface area (Å²) in [6.07, 6.45) is 5.84. The van der Waals surface area contributed by atoms with Crippen molar-refractivity contribution in [2.75, 3.05) is 26.2 Å². The smallest absolute Gasteiger partial charge is 0.267 e. The van der Waals surface area contributed by atoms with Crippen molar-refractivity contribution < 1.29 is 17.9 Å². The van der Waals surface area contributed by atoms with E-state index < -0.39 is 9.84 Å². The highest BCUT2D eigenvalue weighted by molar-refractivity contribution is 7.91. The fourth-order valence-corrected chi connectivity index (χ4v) is 5.57. The SMILES string of the molecule is O=C(NCc1ccc(S(=O)(=O)c2ccc(OCCN3CCCC3)cc2)cc1)c1cc2cnccc2[nH]1. The van der Waals surface area contributed by atoms with Crippen LogP contribution in [-0.2, 0) is 16.4 Å². The van der Waals surface area contributed by atoms with Crippen molar-refractivity contribution in [3.63, 3.8) is 0 Å². The van der Waals surface area contributed by atoms with Crippen LogP contribution in [0.1, 0.15) is 28.9 Å². The number of amides is 1. The van der Waals surface area contributed by atoms with Crippen molar-refractivity contribution in [1.82, 2.24) is 20.2 Å². The zero-order chi connectivity index (χ0) is 25.0. The summed E-state index contributed by atoms with van der Waals surface area (Å²) >= 11 is 0. The number of aromatic nitrogens is 2. The lowest BCUT2D eigenvalue weighted by molar-refractivity contribution is 0.0946. The highest BCUT2D eigenvalue weighted by Crippen LogP contribution is 2.24. The van der Waals surface area contributed by atoms with Crippen molar-refractivity contribution >= 4 is 26.6 Å². The second-order valence-electron chi connectivity index (χ2n) is 8.84. The van der Waals surface area contributed by atoms with E-state index in [1.54, 1.807) is 73.1 Å². The van der Waals surface area contributed by atoms with Gasteiger partial charge >= 0.3 is 0 Å². The molecular weight excluding hydrogens is 476 g/mol. The molecule has 1 aliphatic heterocycles. The summed E-state index contributed by atoms with van der Waals surface area (Å²) < 4.78 is 31.9. The second kappa shape index (κ2) is 10.5. The maximum absolute atomic E-state index is 13.1. The molecule has 2 aromatic carbocycles. The number of hydrogen-bond donors (Lipinski definition) is 2. The summed E-state index contributed by atoms with van der Waals surface area (Å²) in [6, 6.07) is 16.6. The first kappa shape index (κ1) is 24.0. The van der Waals surface area contributed by atoms with E-state index in [2.05, 4.69) is 20.2 Å². The van der Waals surface area contributed by atoms with Crippen molar-refractivity contribution in [2.45, 2.75) is 29.2 Å². The Hall–Kier alpha value is -3.69. The van der Waals surface area contributed by atoms with E-state index in [0.29, 0.717) is 18.1 Å². The van der Waals surface area contributed by atoms with Gasteiger partial charge in [0.25, 0.3) is 5.91 Å². The average molecular weight is 505 g/mol. The number of rotatable bonds is 9. The van der Waals surface area contributed by atoms with Crippen LogP contribution in [0.25, 0.3) is 10.9 Å². The van der Waals surface area contributed by atoms with E-state index >= 15 is 0 Å². The Kier molecular flexibility index (Phi) is 7.02. The average Bonchev–Trinajstić information content (AvgIpc) is 3.58. The first-order chi connectivity index (χ1) is 17.5. The summed E-state index contributed by atoms with van der Waals surface area (Å²) in [7, 11) is -3.66. The fraction of sp³-hybridized carbons (Fsp3) is 0.259. The monoisotopic (exact) mass is 504 g/mol. The quantitative estimate of drug-likeness (QED) is 0.359. The van der Waals surface area contributed by atoms with Crippen molar-refractivity contribution in [1.29, 1.82) is 0 Å². The molecule has 0 bridgehead atoms. The van der Waals surface area contributed by atoms with Gasteiger partial charge in [-0.1, -0.05) is 12.1 Å². The minimum absolute atomic E-state index is 0.198. The highest BCUT2D eigenvalue weighted by Gasteiger charge is 2.18. The molecular formula is C27H28N4O4S. The van der Waals surface area contributed by atoms with Crippen molar-refractivity contribution in [3.05, 3.63) is 84.3 Å². The van der Waals surface area contributed by atoms with Crippen LogP contribution in [0.4, 0.5) is 0 Å². The molecule has 0 unspecified atom stereocenters. The number of ether oxygens (including phenoxy) is 1. The van der Waals surface area contributed by atoms with Gasteiger partial charge < -0.3 is 15.0 Å². The summed E-state index contributed by atoms with van der Waals surface area (Å²) in [5.41, 5.74) is 2.08. The third-order valence-electron chi connectivity index (χ3n) is 6.36. The van der Waals surface area contributed by atoms with Crippen LogP contribution in [0.3, 0.4) is 0 Å². The summed E-state index contributed by atoms with van der Waals surface area (Å²) in [5, 5.41) is 3.71. The van der Waals surface area contributed by atoms with Gasteiger partial charge in [0, 0.05) is 36.4 Å². The Morgan fingerprint density at radius 3 is 2.39 bits per heavy atom. The molecule has 2 aromatic heterocycles. The molecule has 8 nitrogen and oxygen atoms in total. The number of pyridine rings is 1. The Labute approximate surface area is 210 Å². The van der Waals surface area contributed by atoms with Crippen LogP contribution < -0.4 is 10.1 Å². The predicted molar refractivity (Wildman–Crippen MR) is 137 cm³/mol. The van der Waals surface area contributed by atoms with Gasteiger partial charge in [0.05, 0.1) is 9.79 Å². The molecule has 9 heteroatoms. The van der Waals surface area contributed by atoms with Crippen LogP contribution in [0, 0.1) is 0 Å². The number of benzene rings is 2. The molecule has 186 valence electrons. The molecule has 4 aromatic rings. The molecule has 36 heavy (non-hydrogen) atoms. The zero-order valence-electron chi connectivity index (χ0n) is 19.8. The number of fused-ring (bicyclic) bond motifs is 1. The van der Waals surface area contributed by atoms with E-state index in [0.717, 1.165) is 36.1 Å². The largest absolute Gasteiger partial charge is 0.492 e. The van der Waals surface area contributed by atoms with Crippen molar-refractivity contribution in [3.8, 4) is 5.75 Å². The predicted octanol–water partition coefficient (Wildman–Crippen LogP) is 3.80. The molecule has 3 heterocycles. The van der Waals surface area contributed by atoms with Gasteiger partial charge in [0.1, 0.15) is 18.1 Å². The standard InChI is InChI=1S/C27H28N4O4S/c32-27(26-17-21-19-28-12-11-25(21)30-26)29-18-20-3-7-23(8-4-20)36(33,34)24-9-5-22(6-10-24)35-16-15-31-13-1-2-14-31/h3-12,17,19,30H,1-2,13-16,18H2,(H,29,32). The second-order valence-corrected chi connectivity index (χ2v) is 10.8. The number of nitrogens with one attached hydrogen (secondary N) is 2. The van der Waals surface area contributed by atoms with Gasteiger partial charge in [-0.2, -0.15) is 0 Å². The molecule has 1 aliphatic rings. The van der Waals surface area contributed by atoms with Gasteiger partial charge in [-0.05, 0) is 80.0 Å². The Balaban J connectivity index is 1.17. The van der Waals surface area contributed by atoms with Crippen molar-refractivity contribution in [2.24, 2.45) is 0 Å². The molecule has 0 aliphatic carbocycles. The summed E-state index contributed by atoms with van der Waals surface area (Å²) in [4.78, 5) is 22.4. The van der Waals surface area contributed by atoms with E-state index in [9.17, 15) is 13.2 Å². The molecule has 0 atom stereocenters. The Morgan fingerprint density at radius 1 is 1.00 bits per heavy atom. The van der Waals surface area contributed by atoms with Crippen LogP contribution in [-0.4, -0.2) is 55.4 Å². The molecule has 0 radical (unpaired) electrons. The fourth-order valence-electron chi connectivity index (χ4n) is 4.31. The highest BCUT2D eigenvalue weighted by atomic mass is 32.2. The van der Waals surface area contributed by atoms with E-state index in [-0.39, 0.29) is 22.2 Å². The van der Waals surface area contributed by atoms with Crippen LogP contribution in [0.15, 0.2) is 82.8 Å². The number of H-pyrrole nitrogens is 1. The molecule has 5 rings (SSSR count). The molecule has 0 saturated carbocycles. The van der Waals surface area contributed by atoms with Gasteiger partial charge in [0.2, 0.25) is 9.84 Å². The number of hydrogen-bond acceptors (Lipinski definition) is 6. The lowest BCUT2D eigenvalue weighted by Crippen LogP contribution is -2.25. The van der Waals surface area contributed by atoms with Crippen LogP contribution >= 0.6 is 0 Å². The zero-order valence-corrected chi connectivity index (χ0v) is 20.6. The minimum atomic E-state index is -3.66. The number of carbonyl (C=O) groups is 1. The topological polar surface area (TPSA) is 104 Å². The lowest BCUT2D eigenvalue weighted by Gasteiger charge is -2.15. The molecule has 1 saturated heterocycles. The van der Waals surface area contributed by atoms with Gasteiger partial charge in [0.15, 0.2) is 0 Å². The first-order valence-corrected chi connectivity index (χ1v) is 13.5. The maximum Gasteiger partial charge on any atom is 0.267 e. The maximum atomic E-state index is 13.1. The van der Waals surface area contributed by atoms with Gasteiger partial charge in [-0.25, -0.2) is 8.42 Å². The molecule has 2 N–H and O–H groups in total. The lowest BCUT2D eigenvalue weighted by atomic mass is 10.2. The van der Waals surface area contributed by atoms with Crippen LogP contribution in [0.2, 0.25) is 0 Å². The normalized spacial score (nSPS) is 14.2. The van der Waals surface area contributed by atoms with E-state index in [1.807, 2.05) is 0 Å². The number of likely N-dealkylation sites (tertiary alicyclic amines) is 1. The molecule has 1 amide bonds. The first-order valence-electron chi connectivity index (χ1n) is 12.0. The minimum Gasteiger partial charge on any atom is -0.492 e. The molecule has 0 spiro atoms. The number of sulfone groups is 1. The summed E-state index contributed by atoms with van der Waals surface area (Å²) in [6.45, 7) is 3.98. The Bertz CT molecular complexity index is 1410. The van der Waals surface area contributed by atoms with Crippen LogP contribution in [0.5, 0.6) is 5.75 Å². The Morgan fingerprint density at radius 2 is 1.69 bits per heavy atom. The van der Waals surface area contributed by atoms with E-state index in [4.69, 9.17) is 4.74 Å². The summed E-state index contributed by atoms with van der Waals surface area (Å²) in [5.74, 6) is 0.413. The number of aromatic amines is 1. The van der Waals surface area contributed by atoms with Gasteiger partial charge in [-0.3, -0.25) is 14.7 Å². The number of carbonyl (C=O) groups excluding carboxylic acids is 1. The molecule has 1 fully saturated rings. The number of nitrogens with zero attached hydrogens (tertiary/aromatic N) is 2. The van der Waals surface area contributed by atoms with Gasteiger partial charge in [-0.15, -0.1) is 0 Å². The van der Waals surface area contributed by atoms with E-state index in [1.165, 1.54) is 12.8 Å². The third kappa shape index (κ3) is 5.42. The third-order valence-corrected chi connectivity index (χ3v) is 8.15.